The molecule has 1 aromatic carbocycles. The zero-order valence-electron chi connectivity index (χ0n) is 14.9. The maximum atomic E-state index is 12.3. The Morgan fingerprint density at radius 1 is 1.38 bits per heavy atom. The number of amides is 1. The van der Waals surface area contributed by atoms with Crippen LogP contribution in [0.4, 0.5) is 11.4 Å². The lowest BCUT2D eigenvalue weighted by Gasteiger charge is -2.26. The highest BCUT2D eigenvalue weighted by molar-refractivity contribution is 7.92. The van der Waals surface area contributed by atoms with Gasteiger partial charge in [0.05, 0.1) is 24.6 Å². The van der Waals surface area contributed by atoms with Gasteiger partial charge >= 0.3 is 0 Å². The number of ether oxygens (including phenoxy) is 2. The number of rotatable bonds is 7. The summed E-state index contributed by atoms with van der Waals surface area (Å²) in [5.41, 5.74) is 6.86. The van der Waals surface area contributed by atoms with Crippen molar-refractivity contribution in [3.63, 3.8) is 0 Å². The molecule has 1 aliphatic rings. The summed E-state index contributed by atoms with van der Waals surface area (Å²) >= 11 is 0. The lowest BCUT2D eigenvalue weighted by Crippen LogP contribution is -2.44. The van der Waals surface area contributed by atoms with Crippen LogP contribution < -0.4 is 20.5 Å². The highest BCUT2D eigenvalue weighted by atomic mass is 35.5. The van der Waals surface area contributed by atoms with Gasteiger partial charge in [0.25, 0.3) is 0 Å². The van der Waals surface area contributed by atoms with Gasteiger partial charge in [-0.2, -0.15) is 0 Å². The fourth-order valence-corrected chi connectivity index (χ4v) is 3.26. The van der Waals surface area contributed by atoms with Crippen LogP contribution in [0.15, 0.2) is 18.2 Å². The highest BCUT2D eigenvalue weighted by Crippen LogP contribution is 2.29. The van der Waals surface area contributed by atoms with E-state index < -0.39 is 16.1 Å². The van der Waals surface area contributed by atoms with Crippen molar-refractivity contribution in [3.8, 4) is 5.75 Å². The van der Waals surface area contributed by atoms with Crippen molar-refractivity contribution < 1.29 is 22.7 Å². The molecule has 8 nitrogen and oxygen atoms in total. The summed E-state index contributed by atoms with van der Waals surface area (Å²) in [6.45, 7) is 2.78. The normalized spacial score (nSPS) is 16.3. The Morgan fingerprint density at radius 2 is 2.04 bits per heavy atom. The molecule has 1 fully saturated rings. The maximum absolute atomic E-state index is 12.3. The third-order valence-corrected chi connectivity index (χ3v) is 5.48. The summed E-state index contributed by atoms with van der Waals surface area (Å²) < 4.78 is 36.3. The van der Waals surface area contributed by atoms with E-state index in [4.69, 9.17) is 15.2 Å². The van der Waals surface area contributed by atoms with Gasteiger partial charge in [-0.05, 0) is 37.8 Å². The van der Waals surface area contributed by atoms with Crippen LogP contribution in [0.5, 0.6) is 5.75 Å². The van der Waals surface area contributed by atoms with E-state index in [9.17, 15) is 13.2 Å². The number of anilines is 2. The summed E-state index contributed by atoms with van der Waals surface area (Å²) in [5.74, 6) is 0.0748. The molecule has 2 rings (SSSR count). The SMILES string of the molecule is CCS(=O)(=O)Nc1ccc(NC(=O)C(N)C2CCOCC2)cc1OC.Cl. The predicted octanol–water partition coefficient (Wildman–Crippen LogP) is 1.57. The zero-order valence-corrected chi connectivity index (χ0v) is 16.5. The number of benzene rings is 1. The molecule has 1 atom stereocenters. The van der Waals surface area contributed by atoms with E-state index in [2.05, 4.69) is 10.0 Å². The lowest BCUT2D eigenvalue weighted by atomic mass is 9.92. The molecule has 1 heterocycles. The van der Waals surface area contributed by atoms with Crippen molar-refractivity contribution in [2.75, 3.05) is 36.1 Å². The molecule has 1 aromatic rings. The molecule has 0 radical (unpaired) electrons. The van der Waals surface area contributed by atoms with Crippen molar-refractivity contribution in [2.24, 2.45) is 11.7 Å². The minimum atomic E-state index is -3.42. The molecule has 1 amide bonds. The molecule has 0 aromatic heterocycles. The zero-order chi connectivity index (χ0) is 18.4. The lowest BCUT2D eigenvalue weighted by molar-refractivity contribution is -0.119. The van der Waals surface area contributed by atoms with E-state index in [0.29, 0.717) is 30.3 Å². The second-order valence-corrected chi connectivity index (χ2v) is 7.90. The summed E-state index contributed by atoms with van der Waals surface area (Å²) in [7, 11) is -1.99. The second-order valence-electron chi connectivity index (χ2n) is 5.89. The van der Waals surface area contributed by atoms with E-state index >= 15 is 0 Å². The van der Waals surface area contributed by atoms with Crippen molar-refractivity contribution in [2.45, 2.75) is 25.8 Å². The molecule has 0 saturated carbocycles. The first-order chi connectivity index (χ1) is 11.9. The van der Waals surface area contributed by atoms with E-state index in [1.165, 1.54) is 7.11 Å². The number of hydrogen-bond donors (Lipinski definition) is 3. The van der Waals surface area contributed by atoms with Gasteiger partial charge in [-0.15, -0.1) is 12.4 Å². The van der Waals surface area contributed by atoms with Crippen molar-refractivity contribution >= 4 is 39.7 Å². The number of methoxy groups -OCH3 is 1. The Balaban J connectivity index is 0.00000338. The molecule has 4 N–H and O–H groups in total. The van der Waals surface area contributed by atoms with E-state index in [1.54, 1.807) is 25.1 Å². The average molecular weight is 408 g/mol. The molecule has 26 heavy (non-hydrogen) atoms. The van der Waals surface area contributed by atoms with Gasteiger partial charge in [-0.1, -0.05) is 0 Å². The molecule has 0 aliphatic carbocycles. The molecule has 1 saturated heterocycles. The molecular formula is C16H26ClN3O5S. The van der Waals surface area contributed by atoms with Gasteiger partial charge in [0, 0.05) is 25.0 Å². The van der Waals surface area contributed by atoms with Gasteiger partial charge in [0.15, 0.2) is 0 Å². The number of nitrogens with two attached hydrogens (primary N) is 1. The summed E-state index contributed by atoms with van der Waals surface area (Å²) in [5, 5.41) is 2.76. The van der Waals surface area contributed by atoms with E-state index in [1.807, 2.05) is 0 Å². The van der Waals surface area contributed by atoms with Crippen LogP contribution in [0.3, 0.4) is 0 Å². The number of nitrogens with one attached hydrogen (secondary N) is 2. The Bertz CT molecular complexity index is 708. The van der Waals surface area contributed by atoms with E-state index in [0.717, 1.165) is 12.8 Å². The van der Waals surface area contributed by atoms with Crippen molar-refractivity contribution in [3.05, 3.63) is 18.2 Å². The molecular weight excluding hydrogens is 382 g/mol. The fourth-order valence-electron chi connectivity index (χ4n) is 2.61. The molecule has 0 bridgehead atoms. The third kappa shape index (κ3) is 6.01. The summed E-state index contributed by atoms with van der Waals surface area (Å²) in [6.07, 6.45) is 1.52. The van der Waals surface area contributed by atoms with Crippen LogP contribution in [-0.2, 0) is 19.6 Å². The molecule has 0 spiro atoms. The van der Waals surface area contributed by atoms with Crippen LogP contribution in [0.1, 0.15) is 19.8 Å². The maximum Gasteiger partial charge on any atom is 0.241 e. The third-order valence-electron chi connectivity index (χ3n) is 4.19. The number of halogens is 1. The Kier molecular flexibility index (Phi) is 8.61. The van der Waals surface area contributed by atoms with Gasteiger partial charge in [-0.25, -0.2) is 8.42 Å². The second kappa shape index (κ2) is 9.96. The minimum absolute atomic E-state index is 0. The number of sulfonamides is 1. The fraction of sp³-hybridized carbons (Fsp3) is 0.562. The van der Waals surface area contributed by atoms with Gasteiger partial charge < -0.3 is 20.5 Å². The van der Waals surface area contributed by atoms with Crippen LogP contribution in [0, 0.1) is 5.92 Å². The first kappa shape index (κ1) is 22.5. The number of hydrogen-bond acceptors (Lipinski definition) is 6. The molecule has 1 unspecified atom stereocenters. The minimum Gasteiger partial charge on any atom is -0.494 e. The monoisotopic (exact) mass is 407 g/mol. The molecule has 148 valence electrons. The van der Waals surface area contributed by atoms with Crippen LogP contribution in [-0.4, -0.2) is 46.4 Å². The topological polar surface area (TPSA) is 120 Å². The van der Waals surface area contributed by atoms with Crippen LogP contribution in [0.2, 0.25) is 0 Å². The first-order valence-corrected chi connectivity index (χ1v) is 9.84. The summed E-state index contributed by atoms with van der Waals surface area (Å²) in [6, 6.07) is 4.09. The van der Waals surface area contributed by atoms with Gasteiger partial charge in [-0.3, -0.25) is 9.52 Å². The predicted molar refractivity (Wildman–Crippen MR) is 103 cm³/mol. The summed E-state index contributed by atoms with van der Waals surface area (Å²) in [4.78, 5) is 12.3. The Morgan fingerprint density at radius 3 is 2.62 bits per heavy atom. The van der Waals surface area contributed by atoms with Crippen molar-refractivity contribution in [1.82, 2.24) is 0 Å². The molecule has 10 heteroatoms. The molecule has 1 aliphatic heterocycles. The largest absolute Gasteiger partial charge is 0.494 e. The number of carbonyl (C=O) groups excluding carboxylic acids is 1. The van der Waals surface area contributed by atoms with Gasteiger partial charge in [0.2, 0.25) is 15.9 Å². The van der Waals surface area contributed by atoms with E-state index in [-0.39, 0.29) is 30.0 Å². The Labute approximate surface area is 160 Å². The van der Waals surface area contributed by atoms with Gasteiger partial charge in [0.1, 0.15) is 5.75 Å². The van der Waals surface area contributed by atoms with Crippen LogP contribution in [0.25, 0.3) is 0 Å². The first-order valence-electron chi connectivity index (χ1n) is 8.19. The Hall–Kier alpha value is -1.55. The van der Waals surface area contributed by atoms with Crippen molar-refractivity contribution in [1.29, 1.82) is 0 Å². The standard InChI is InChI=1S/C16H25N3O5S.ClH/c1-3-25(21,22)19-13-5-4-12(10-14(13)23-2)18-16(20)15(17)11-6-8-24-9-7-11;/h4-5,10-11,15,19H,3,6-9,17H2,1-2H3,(H,18,20);1H. The van der Waals surface area contributed by atoms with Crippen LogP contribution >= 0.6 is 12.4 Å². The smallest absolute Gasteiger partial charge is 0.241 e. The number of carbonyl (C=O) groups is 1. The quantitative estimate of drug-likeness (QED) is 0.631. The average Bonchev–Trinajstić information content (AvgIpc) is 2.62. The highest BCUT2D eigenvalue weighted by Gasteiger charge is 2.26.